The molecule has 8 atom stereocenters. The molecule has 1 aromatic rings. The topological polar surface area (TPSA) is 270 Å². The number of piperidine rings is 1. The minimum Gasteiger partial charge on any atom is -0.343 e. The lowest BCUT2D eigenvalue weighted by Gasteiger charge is -2.43. The number of hydrogen-bond acceptors (Lipinski definition) is 12. The van der Waals surface area contributed by atoms with E-state index in [1.165, 1.54) is 88.1 Å². The molecule has 570 valence electrons. The fraction of sp³-hybridized carbons (Fsp3) is 0.730. The number of alkyl halides is 3. The Balaban J connectivity index is 1.46. The number of likely N-dealkylation sites (tertiary alicyclic amines) is 1. The van der Waals surface area contributed by atoms with Gasteiger partial charge in [-0.2, -0.15) is 13.2 Å². The average molecular weight is 1460 g/mol. The molecule has 2 aliphatic heterocycles. The van der Waals surface area contributed by atoms with Crippen molar-refractivity contribution in [1.82, 2.24) is 60.0 Å². The summed E-state index contributed by atoms with van der Waals surface area (Å²) in [6, 6.07) is -5.95. The van der Waals surface area contributed by atoms with E-state index in [-0.39, 0.29) is 62.3 Å². The predicted molar refractivity (Wildman–Crippen MR) is 380 cm³/mol. The lowest BCUT2D eigenvalue weighted by atomic mass is 9.81. The maximum absolute atomic E-state index is 15.8. The number of benzene rings is 1. The third-order valence-electron chi connectivity index (χ3n) is 22.0. The first-order valence-electron chi connectivity index (χ1n) is 36.8. The second-order valence-electron chi connectivity index (χ2n) is 30.0. The average Bonchev–Trinajstić information content (AvgIpc) is 1.39. The summed E-state index contributed by atoms with van der Waals surface area (Å²) in [6.07, 6.45) is 7.41. The maximum atomic E-state index is 15.8. The number of aryl methyl sites for hydroxylation is 1. The second-order valence-corrected chi connectivity index (χ2v) is 30.4. The van der Waals surface area contributed by atoms with Gasteiger partial charge in [0.15, 0.2) is 0 Å². The second kappa shape index (κ2) is 37.9. The van der Waals surface area contributed by atoms with Crippen LogP contribution >= 0.6 is 11.6 Å². The SMILES string of the molecule is C=CC[C@H]1C(=O)NC2(CCCC2)C(=O)N(C)[C@@H](C2CCCCC2)C(=O)N(C)[C@H](C(=O)N2CCCCC2)CC(=O)N(C)[C@@H](CC(C)C)C(=O)N[C@@H]([C@@H](C)CC)C(=O)N(C)CC(=O)N(C)CC(=O)N(C)[C@@H](CC2CCCCC2)C(=O)N(C)CC(=O)N[C@@H](CCc2ccc(C(F)(F)F)c(Cl)c2)C(=O)N1C. The van der Waals surface area contributed by atoms with Gasteiger partial charge in [-0.05, 0) is 118 Å². The summed E-state index contributed by atoms with van der Waals surface area (Å²) in [5, 5.41) is 8.08. The van der Waals surface area contributed by atoms with Gasteiger partial charge in [0, 0.05) is 69.5 Å². The van der Waals surface area contributed by atoms with Crippen LogP contribution in [0.4, 0.5) is 13.2 Å². The van der Waals surface area contributed by atoms with E-state index in [4.69, 9.17) is 11.6 Å². The molecule has 5 fully saturated rings. The number of nitrogens with zero attached hydrogens (tertiary/aromatic N) is 9. The standard InChI is InChI=1S/C74H114ClF3N12O12/c1-14-27-55-66(96)81-73(36-23-24-37-73)72(102)89(13)64(51-30-21-17-22-31-51)71(101)88(12)58(69(99)90-38-25-18-26-39-90)43-60(92)85(9)56(40-47(3)4)65(95)80-63(48(5)15-2)70(100)84(8)45-61(93)82(6)46-62(94)86(10)57(42-49-28-19-16-20-29-49)68(98)83(7)44-59(91)79-54(67(97)87(55)11)35-33-50-32-34-52(53(75)41-50)74(76,77)78/h14,32,34,41,47-49,51,54-58,63-64H,1,15-31,33,35-40,42-46H2,2-13H3,(H,79,91)(H,80,95)(H,81,96)/t48-,54-,55-,56-,57-,58-,63-,64-/m0/s1. The summed E-state index contributed by atoms with van der Waals surface area (Å²) in [7, 11) is 11.3. The Morgan fingerprint density at radius 1 is 0.637 bits per heavy atom. The Labute approximate surface area is 606 Å². The van der Waals surface area contributed by atoms with Crippen LogP contribution in [0, 0.1) is 23.7 Å². The van der Waals surface area contributed by atoms with Crippen LogP contribution in [0.3, 0.4) is 0 Å². The van der Waals surface area contributed by atoms with Crippen LogP contribution < -0.4 is 16.0 Å². The van der Waals surface area contributed by atoms with Crippen molar-refractivity contribution in [2.45, 2.75) is 236 Å². The Kier molecular flexibility index (Phi) is 31.1. The monoisotopic (exact) mass is 1450 g/mol. The fourth-order valence-electron chi connectivity index (χ4n) is 15.3. The van der Waals surface area contributed by atoms with Gasteiger partial charge >= 0.3 is 6.18 Å². The van der Waals surface area contributed by atoms with E-state index in [2.05, 4.69) is 22.5 Å². The highest BCUT2D eigenvalue weighted by molar-refractivity contribution is 6.31. The van der Waals surface area contributed by atoms with Gasteiger partial charge in [-0.3, -0.25) is 57.5 Å². The number of amides is 12. The van der Waals surface area contributed by atoms with E-state index in [1.54, 1.807) is 11.8 Å². The first-order chi connectivity index (χ1) is 48.1. The highest BCUT2D eigenvalue weighted by Crippen LogP contribution is 2.38. The molecule has 3 aliphatic carbocycles. The Bertz CT molecular complexity index is 3150. The van der Waals surface area contributed by atoms with Gasteiger partial charge in [0.05, 0.1) is 36.6 Å². The van der Waals surface area contributed by atoms with E-state index in [0.717, 1.165) is 89.5 Å². The Morgan fingerprint density at radius 3 is 1.79 bits per heavy atom. The number of hydrogen-bond donors (Lipinski definition) is 3. The van der Waals surface area contributed by atoms with Crippen LogP contribution in [-0.4, -0.2) is 252 Å². The van der Waals surface area contributed by atoms with Crippen LogP contribution in [0.2, 0.25) is 5.02 Å². The zero-order valence-electron chi connectivity index (χ0n) is 62.3. The molecule has 0 radical (unpaired) electrons. The van der Waals surface area contributed by atoms with Gasteiger partial charge in [-0.1, -0.05) is 122 Å². The van der Waals surface area contributed by atoms with Gasteiger partial charge in [-0.15, -0.1) is 6.58 Å². The van der Waals surface area contributed by atoms with E-state index in [1.807, 2.05) is 20.8 Å². The summed E-state index contributed by atoms with van der Waals surface area (Å²) in [5.74, 6) is -9.14. The number of halogens is 4. The first-order valence-corrected chi connectivity index (χ1v) is 37.2. The van der Waals surface area contributed by atoms with E-state index < -0.39 is 173 Å². The summed E-state index contributed by atoms with van der Waals surface area (Å²) < 4.78 is 41.7. The largest absolute Gasteiger partial charge is 0.417 e. The lowest BCUT2D eigenvalue weighted by Crippen LogP contribution is -2.65. The number of carbonyl (C=O) groups is 12. The number of likely N-dealkylation sites (N-methyl/N-ethyl adjacent to an activating group) is 8. The summed E-state index contributed by atoms with van der Waals surface area (Å²) in [6.45, 7) is 10.2. The van der Waals surface area contributed by atoms with E-state index in [0.29, 0.717) is 58.0 Å². The number of carbonyl (C=O) groups excluding carboxylic acids is 12. The summed E-state index contributed by atoms with van der Waals surface area (Å²) in [5.41, 5.74) is -2.44. The molecule has 12 amide bonds. The lowest BCUT2D eigenvalue weighted by molar-refractivity contribution is -0.157. The van der Waals surface area contributed by atoms with Crippen LogP contribution in [0.25, 0.3) is 0 Å². The minimum atomic E-state index is -4.77. The smallest absolute Gasteiger partial charge is 0.343 e. The Hall–Kier alpha value is -7.32. The molecule has 6 rings (SSSR count). The molecule has 1 spiro atoms. The summed E-state index contributed by atoms with van der Waals surface area (Å²) >= 11 is 6.16. The van der Waals surface area contributed by atoms with Crippen LogP contribution in [0.5, 0.6) is 0 Å². The van der Waals surface area contributed by atoms with Crippen molar-refractivity contribution in [3.8, 4) is 0 Å². The van der Waals surface area contributed by atoms with Crippen molar-refractivity contribution in [2.24, 2.45) is 23.7 Å². The quantitative estimate of drug-likeness (QED) is 0.172. The zero-order chi connectivity index (χ0) is 75.7. The van der Waals surface area contributed by atoms with Crippen molar-refractivity contribution in [3.63, 3.8) is 0 Å². The van der Waals surface area contributed by atoms with Crippen molar-refractivity contribution >= 4 is 82.5 Å². The molecule has 0 bridgehead atoms. The molecule has 5 aliphatic rings. The van der Waals surface area contributed by atoms with Crippen LogP contribution in [0.1, 0.15) is 187 Å². The van der Waals surface area contributed by atoms with Gasteiger partial charge in [0.1, 0.15) is 47.8 Å². The van der Waals surface area contributed by atoms with Crippen LogP contribution in [-0.2, 0) is 70.1 Å². The molecular formula is C74H114ClF3N12O12. The molecule has 0 aromatic heterocycles. The normalized spacial score (nSPS) is 26.1. The van der Waals surface area contributed by atoms with E-state index in [9.17, 15) is 41.9 Å². The van der Waals surface area contributed by atoms with Crippen molar-refractivity contribution in [2.75, 3.05) is 89.1 Å². The van der Waals surface area contributed by atoms with Gasteiger partial charge < -0.3 is 60.0 Å². The molecule has 0 unspecified atom stereocenters. The third-order valence-corrected chi connectivity index (χ3v) is 22.3. The molecule has 24 nitrogen and oxygen atoms in total. The highest BCUT2D eigenvalue weighted by atomic mass is 35.5. The van der Waals surface area contributed by atoms with E-state index >= 15 is 28.8 Å². The van der Waals surface area contributed by atoms with Crippen molar-refractivity contribution in [1.29, 1.82) is 0 Å². The fourth-order valence-corrected chi connectivity index (χ4v) is 15.7. The molecule has 3 N–H and O–H groups in total. The number of rotatable bonds is 13. The Morgan fingerprint density at radius 2 is 1.22 bits per heavy atom. The predicted octanol–water partition coefficient (Wildman–Crippen LogP) is 6.84. The zero-order valence-corrected chi connectivity index (χ0v) is 63.1. The van der Waals surface area contributed by atoms with Gasteiger partial charge in [-0.25, -0.2) is 0 Å². The molecule has 102 heavy (non-hydrogen) atoms. The molecular weight excluding hydrogens is 1340 g/mol. The maximum Gasteiger partial charge on any atom is 0.417 e. The van der Waals surface area contributed by atoms with Crippen LogP contribution in [0.15, 0.2) is 30.9 Å². The molecule has 2 heterocycles. The molecule has 28 heteroatoms. The highest BCUT2D eigenvalue weighted by Gasteiger charge is 2.51. The van der Waals surface area contributed by atoms with Gasteiger partial charge in [0.2, 0.25) is 70.9 Å². The third kappa shape index (κ3) is 21.7. The molecule has 1 aromatic carbocycles. The summed E-state index contributed by atoms with van der Waals surface area (Å²) in [4.78, 5) is 191. The van der Waals surface area contributed by atoms with Crippen molar-refractivity contribution in [3.05, 3.63) is 47.0 Å². The van der Waals surface area contributed by atoms with Gasteiger partial charge in [0.25, 0.3) is 0 Å². The molecule has 2 saturated heterocycles. The molecule has 3 saturated carbocycles. The van der Waals surface area contributed by atoms with Crippen molar-refractivity contribution < 1.29 is 70.7 Å². The first kappa shape index (κ1) is 83.6. The number of nitrogens with one attached hydrogen (secondary N) is 3. The minimum absolute atomic E-state index is 0.00656.